The summed E-state index contributed by atoms with van der Waals surface area (Å²) in [6.45, 7) is 3.93. The van der Waals surface area contributed by atoms with E-state index in [0.717, 1.165) is 18.2 Å². The molecule has 0 spiro atoms. The molecular formula is C47H56ClN5O10S. The van der Waals surface area contributed by atoms with Crippen LogP contribution in [0.25, 0.3) is 22.0 Å². The number of halogens is 1. The van der Waals surface area contributed by atoms with Gasteiger partial charge in [0.15, 0.2) is 0 Å². The molecule has 342 valence electrons. The molecule has 3 N–H and O–H groups in total. The Morgan fingerprint density at radius 3 is 2.44 bits per heavy atom. The minimum absolute atomic E-state index is 0.0216. The Bertz CT molecular complexity index is 2510. The number of benzene rings is 2. The molecule has 4 aliphatic carbocycles. The second kappa shape index (κ2) is 17.0. The van der Waals surface area contributed by atoms with Crippen molar-refractivity contribution in [1.82, 2.24) is 24.8 Å². The average Bonchev–Trinajstić information content (AvgIpc) is 4.22. The standard InChI is InChI=1S/C47H56ClN5O10S/c1-25-7-5-6-8-31-23-47(31,45(56)51-64(59,60)35-11-12-35)50-42(54)39-22-34(24-52(39)44(55)41(26(2)15-25)53(46(57)58)32-17-28-16-29(28)18-32)63-43-36-13-10-33(61-3)19-30(36)21-38(49-43)27-9-14-40(62-4)37(48)20-27/h6,8-10,13-14,19-21,25-26,28-29,31-32,34-35,39,41H,5,7,11-12,15-18,22-24H2,1-4H3,(H,50,54)(H,51,56)(H,57,58)/b8-6-/t25-,26-,28+,29?,31-,32?,34-,39+,41+,47-/m1/s1. The molecule has 1 aromatic heterocycles. The molecule has 2 unspecified atom stereocenters. The van der Waals surface area contributed by atoms with Crippen LogP contribution in [-0.4, -0.2) is 108 Å². The number of amides is 4. The fourth-order valence-corrected chi connectivity index (χ4v) is 12.3. The van der Waals surface area contributed by atoms with Crippen LogP contribution in [0.1, 0.15) is 78.1 Å². The van der Waals surface area contributed by atoms with Gasteiger partial charge >= 0.3 is 6.09 Å². The van der Waals surface area contributed by atoms with E-state index in [9.17, 15) is 27.9 Å². The molecule has 10 atom stereocenters. The van der Waals surface area contributed by atoms with Gasteiger partial charge < -0.3 is 29.5 Å². The van der Waals surface area contributed by atoms with Crippen molar-refractivity contribution in [1.29, 1.82) is 0 Å². The summed E-state index contributed by atoms with van der Waals surface area (Å²) in [5.74, 6) is -0.534. The monoisotopic (exact) mass is 917 g/mol. The first-order chi connectivity index (χ1) is 30.6. The molecule has 9 rings (SSSR count). The van der Waals surface area contributed by atoms with Gasteiger partial charge in [-0.15, -0.1) is 0 Å². The number of sulfonamides is 1. The minimum atomic E-state index is -3.95. The normalized spacial score (nSPS) is 31.9. The third-order valence-corrected chi connectivity index (χ3v) is 16.5. The van der Waals surface area contributed by atoms with E-state index in [1.165, 1.54) is 16.9 Å². The maximum absolute atomic E-state index is 15.5. The molecule has 0 bridgehead atoms. The maximum atomic E-state index is 15.5. The highest BCUT2D eigenvalue weighted by molar-refractivity contribution is 7.91. The number of allylic oxidation sites excluding steroid dienone is 1. The summed E-state index contributed by atoms with van der Waals surface area (Å²) in [5, 5.41) is 15.0. The van der Waals surface area contributed by atoms with Crippen LogP contribution in [0.5, 0.6) is 17.4 Å². The van der Waals surface area contributed by atoms with Gasteiger partial charge in [0.25, 0.3) is 5.91 Å². The van der Waals surface area contributed by atoms with Gasteiger partial charge in [-0.25, -0.2) is 18.2 Å². The average molecular weight is 919 g/mol. The lowest BCUT2D eigenvalue weighted by Gasteiger charge is -2.40. The zero-order valence-electron chi connectivity index (χ0n) is 36.5. The zero-order chi connectivity index (χ0) is 45.2. The van der Waals surface area contributed by atoms with Gasteiger partial charge in [-0.3, -0.25) is 24.0 Å². The molecule has 15 nitrogen and oxygen atoms in total. The van der Waals surface area contributed by atoms with E-state index in [4.69, 9.17) is 30.8 Å². The number of carbonyl (C=O) groups is 4. The molecule has 0 radical (unpaired) electrons. The second-order valence-electron chi connectivity index (χ2n) is 19.0. The Balaban J connectivity index is 1.10. The first kappa shape index (κ1) is 44.1. The topological polar surface area (TPSA) is 194 Å². The molecule has 1 saturated heterocycles. The maximum Gasteiger partial charge on any atom is 0.408 e. The highest BCUT2D eigenvalue weighted by Gasteiger charge is 2.62. The molecule has 3 heterocycles. The lowest BCUT2D eigenvalue weighted by molar-refractivity contribution is -0.145. The molecule has 64 heavy (non-hydrogen) atoms. The summed E-state index contributed by atoms with van der Waals surface area (Å²) < 4.78 is 46.1. The van der Waals surface area contributed by atoms with Crippen molar-refractivity contribution in [3.8, 4) is 28.6 Å². The fraction of sp³-hybridized carbons (Fsp3) is 0.553. The van der Waals surface area contributed by atoms with Gasteiger partial charge in [-0.1, -0.05) is 37.6 Å². The number of hydrogen-bond acceptors (Lipinski definition) is 10. The first-order valence-electron chi connectivity index (χ1n) is 22.4. The van der Waals surface area contributed by atoms with E-state index in [1.807, 2.05) is 43.3 Å². The van der Waals surface area contributed by atoms with Crippen LogP contribution in [0.15, 0.2) is 54.6 Å². The Kier molecular flexibility index (Phi) is 11.7. The molecular weight excluding hydrogens is 862 g/mol. The van der Waals surface area contributed by atoms with Crippen molar-refractivity contribution in [3.63, 3.8) is 0 Å². The zero-order valence-corrected chi connectivity index (χ0v) is 38.1. The second-order valence-corrected chi connectivity index (χ2v) is 21.4. The number of nitrogens with one attached hydrogen (secondary N) is 2. The smallest absolute Gasteiger partial charge is 0.408 e. The number of carbonyl (C=O) groups excluding carboxylic acids is 3. The number of methoxy groups -OCH3 is 2. The van der Waals surface area contributed by atoms with E-state index in [-0.39, 0.29) is 37.2 Å². The highest BCUT2D eigenvalue weighted by Crippen LogP contribution is 2.54. The lowest BCUT2D eigenvalue weighted by Crippen LogP contribution is -2.61. The summed E-state index contributed by atoms with van der Waals surface area (Å²) in [5.41, 5.74) is -0.359. The Morgan fingerprint density at radius 2 is 1.75 bits per heavy atom. The van der Waals surface area contributed by atoms with E-state index >= 15 is 4.79 Å². The molecule has 6 aliphatic rings. The van der Waals surface area contributed by atoms with Crippen LogP contribution in [0.2, 0.25) is 5.02 Å². The van der Waals surface area contributed by atoms with Crippen LogP contribution >= 0.6 is 11.6 Å². The van der Waals surface area contributed by atoms with E-state index in [0.29, 0.717) is 83.5 Å². The number of pyridine rings is 1. The third kappa shape index (κ3) is 8.59. The van der Waals surface area contributed by atoms with Gasteiger partial charge in [0.2, 0.25) is 27.7 Å². The number of nitrogens with zero attached hydrogens (tertiary/aromatic N) is 3. The lowest BCUT2D eigenvalue weighted by atomic mass is 9.86. The quantitative estimate of drug-likeness (QED) is 0.187. The van der Waals surface area contributed by atoms with Crippen LogP contribution < -0.4 is 24.2 Å². The number of ether oxygens (including phenoxy) is 3. The predicted octanol–water partition coefficient (Wildman–Crippen LogP) is 6.56. The van der Waals surface area contributed by atoms with E-state index in [2.05, 4.69) is 17.0 Å². The molecule has 2 aromatic carbocycles. The molecule has 2 aliphatic heterocycles. The van der Waals surface area contributed by atoms with Crippen molar-refractivity contribution < 1.29 is 46.9 Å². The molecule has 17 heteroatoms. The SMILES string of the molecule is COc1ccc2c(O[C@@H]3C[C@H]4C(=O)N[C@]5(C(=O)NS(=O)(=O)C6CC6)C[C@H]5/C=C\CC[C@@H](C)C[C@@H](C)[C@H](N(C(=O)O)C5CC6C[C@H]6C5)C(=O)N4C3)nc(-c3ccc(OC)c(Cl)c3)cc2c1. The molecule has 3 aromatic rings. The van der Waals surface area contributed by atoms with Crippen molar-refractivity contribution >= 4 is 56.2 Å². The first-order valence-corrected chi connectivity index (χ1v) is 24.4. The molecule has 5 fully saturated rings. The summed E-state index contributed by atoms with van der Waals surface area (Å²) in [7, 11) is -0.849. The fourth-order valence-electron chi connectivity index (χ4n) is 10.6. The van der Waals surface area contributed by atoms with Gasteiger partial charge in [0.1, 0.15) is 35.2 Å². The van der Waals surface area contributed by atoms with Gasteiger partial charge in [-0.05, 0) is 129 Å². The largest absolute Gasteiger partial charge is 0.497 e. The van der Waals surface area contributed by atoms with Crippen LogP contribution in [0.4, 0.5) is 4.79 Å². The number of carboxylic acid groups (broad SMARTS) is 1. The highest BCUT2D eigenvalue weighted by atomic mass is 35.5. The summed E-state index contributed by atoms with van der Waals surface area (Å²) in [6.07, 6.45) is 7.31. The van der Waals surface area contributed by atoms with E-state index < -0.39 is 74.7 Å². The van der Waals surface area contributed by atoms with E-state index in [1.54, 1.807) is 25.3 Å². The number of hydrogen-bond donors (Lipinski definition) is 3. The van der Waals surface area contributed by atoms with Crippen LogP contribution in [0, 0.1) is 29.6 Å². The Hall–Kier alpha value is -5.09. The summed E-state index contributed by atoms with van der Waals surface area (Å²) in [6, 6.07) is 10.0. The van der Waals surface area contributed by atoms with Gasteiger partial charge in [0.05, 0.1) is 36.7 Å². The number of fused-ring (bicyclic) bond motifs is 4. The predicted molar refractivity (Wildman–Crippen MR) is 238 cm³/mol. The van der Waals surface area contributed by atoms with Gasteiger partial charge in [-0.2, -0.15) is 0 Å². The number of aromatic nitrogens is 1. The third-order valence-electron chi connectivity index (χ3n) is 14.4. The Morgan fingerprint density at radius 1 is 0.984 bits per heavy atom. The number of rotatable bonds is 10. The van der Waals surface area contributed by atoms with Crippen molar-refractivity contribution in [2.24, 2.45) is 29.6 Å². The Labute approximate surface area is 378 Å². The van der Waals surface area contributed by atoms with Crippen molar-refractivity contribution in [2.45, 2.75) is 113 Å². The van der Waals surface area contributed by atoms with Crippen molar-refractivity contribution in [3.05, 3.63) is 59.6 Å². The molecule has 4 amide bonds. The summed E-state index contributed by atoms with van der Waals surface area (Å²) >= 11 is 6.55. The van der Waals surface area contributed by atoms with Gasteiger partial charge in [0, 0.05) is 29.3 Å². The van der Waals surface area contributed by atoms with Crippen LogP contribution in [-0.2, 0) is 24.4 Å². The minimum Gasteiger partial charge on any atom is -0.497 e. The van der Waals surface area contributed by atoms with Crippen molar-refractivity contribution in [2.75, 3.05) is 20.8 Å². The summed E-state index contributed by atoms with van der Waals surface area (Å²) in [4.78, 5) is 65.5. The van der Waals surface area contributed by atoms with Crippen LogP contribution in [0.3, 0.4) is 0 Å². The molecule has 4 saturated carbocycles.